The Bertz CT molecular complexity index is 1250. The van der Waals surface area contributed by atoms with E-state index in [1.807, 2.05) is 54.6 Å². The molecule has 0 saturated heterocycles. The number of carboxylic acid groups (broad SMARTS) is 1. The predicted molar refractivity (Wildman–Crippen MR) is 150 cm³/mol. The fourth-order valence-corrected chi connectivity index (χ4v) is 5.46. The molecule has 0 spiro atoms. The first-order chi connectivity index (χ1) is 18.3. The number of benzene rings is 3. The number of aryl methyl sites for hydroxylation is 2. The average Bonchev–Trinajstić information content (AvgIpc) is 2.89. The summed E-state index contributed by atoms with van der Waals surface area (Å²) < 4.78 is 0. The van der Waals surface area contributed by atoms with Crippen LogP contribution in [-0.4, -0.2) is 29.4 Å². The number of rotatable bonds is 9. The summed E-state index contributed by atoms with van der Waals surface area (Å²) in [5.74, 6) is -0.346. The monoisotopic (exact) mass is 512 g/mol. The zero-order valence-corrected chi connectivity index (χ0v) is 22.1. The SMILES string of the molecule is Cc1cccc(C)c1-c1ccc(C(=O)NCCC(=O)Nc2ccc([C@H]3CC[C@H](CC(=O)O)CC3)cc2)cc1. The third-order valence-electron chi connectivity index (χ3n) is 7.53. The number of anilines is 1. The molecule has 0 aliphatic heterocycles. The Morgan fingerprint density at radius 2 is 1.47 bits per heavy atom. The minimum Gasteiger partial charge on any atom is -0.481 e. The van der Waals surface area contributed by atoms with E-state index in [0.717, 1.165) is 36.9 Å². The molecule has 6 nitrogen and oxygen atoms in total. The van der Waals surface area contributed by atoms with Crippen LogP contribution in [-0.2, 0) is 9.59 Å². The molecular weight excluding hydrogens is 476 g/mol. The topological polar surface area (TPSA) is 95.5 Å². The lowest BCUT2D eigenvalue weighted by molar-refractivity contribution is -0.138. The van der Waals surface area contributed by atoms with Gasteiger partial charge >= 0.3 is 5.97 Å². The maximum absolute atomic E-state index is 12.6. The van der Waals surface area contributed by atoms with Crippen molar-refractivity contribution in [2.24, 2.45) is 5.92 Å². The molecule has 0 heterocycles. The van der Waals surface area contributed by atoms with E-state index in [1.165, 1.54) is 22.3 Å². The van der Waals surface area contributed by atoms with E-state index >= 15 is 0 Å². The molecular formula is C32H36N2O4. The maximum Gasteiger partial charge on any atom is 0.303 e. The van der Waals surface area contributed by atoms with Gasteiger partial charge in [-0.05, 0) is 103 Å². The summed E-state index contributed by atoms with van der Waals surface area (Å²) in [5, 5.41) is 14.7. The van der Waals surface area contributed by atoms with Gasteiger partial charge in [0.2, 0.25) is 5.91 Å². The van der Waals surface area contributed by atoms with E-state index in [-0.39, 0.29) is 37.1 Å². The van der Waals surface area contributed by atoms with Crippen LogP contribution in [0.1, 0.15) is 71.5 Å². The molecule has 1 aliphatic rings. The van der Waals surface area contributed by atoms with Crippen molar-refractivity contribution in [1.29, 1.82) is 0 Å². The third-order valence-corrected chi connectivity index (χ3v) is 7.53. The van der Waals surface area contributed by atoms with E-state index in [0.29, 0.717) is 11.5 Å². The highest BCUT2D eigenvalue weighted by Gasteiger charge is 2.24. The van der Waals surface area contributed by atoms with Crippen LogP contribution in [0.25, 0.3) is 11.1 Å². The zero-order chi connectivity index (χ0) is 27.1. The van der Waals surface area contributed by atoms with Gasteiger partial charge in [0.05, 0.1) is 0 Å². The van der Waals surface area contributed by atoms with Crippen LogP contribution >= 0.6 is 0 Å². The number of carbonyl (C=O) groups is 3. The largest absolute Gasteiger partial charge is 0.481 e. The zero-order valence-electron chi connectivity index (χ0n) is 22.1. The Balaban J connectivity index is 1.21. The van der Waals surface area contributed by atoms with Crippen molar-refractivity contribution in [3.05, 3.63) is 89.0 Å². The molecule has 3 N–H and O–H groups in total. The minimum atomic E-state index is -0.712. The van der Waals surface area contributed by atoms with Crippen LogP contribution in [0.15, 0.2) is 66.7 Å². The van der Waals surface area contributed by atoms with Gasteiger partial charge in [0.25, 0.3) is 5.91 Å². The number of amides is 2. The van der Waals surface area contributed by atoms with Gasteiger partial charge in [0, 0.05) is 30.6 Å². The fourth-order valence-electron chi connectivity index (χ4n) is 5.46. The molecule has 3 aromatic rings. The van der Waals surface area contributed by atoms with Crippen molar-refractivity contribution in [3.63, 3.8) is 0 Å². The number of aliphatic carboxylic acids is 1. The Kier molecular flexibility index (Phi) is 8.95. The average molecular weight is 513 g/mol. The molecule has 1 aliphatic carbocycles. The van der Waals surface area contributed by atoms with Crippen molar-refractivity contribution in [1.82, 2.24) is 5.32 Å². The van der Waals surface area contributed by atoms with Gasteiger partial charge < -0.3 is 15.7 Å². The molecule has 6 heteroatoms. The summed E-state index contributed by atoms with van der Waals surface area (Å²) >= 11 is 0. The first-order valence-corrected chi connectivity index (χ1v) is 13.4. The predicted octanol–water partition coefficient (Wildman–Crippen LogP) is 6.48. The molecule has 2 amide bonds. The number of carboxylic acids is 1. The minimum absolute atomic E-state index is 0.155. The Morgan fingerprint density at radius 1 is 0.842 bits per heavy atom. The van der Waals surface area contributed by atoms with Gasteiger partial charge in [-0.2, -0.15) is 0 Å². The molecule has 0 atom stereocenters. The fraction of sp³-hybridized carbons (Fsp3) is 0.344. The first-order valence-electron chi connectivity index (χ1n) is 13.4. The lowest BCUT2D eigenvalue weighted by atomic mass is 9.77. The highest BCUT2D eigenvalue weighted by atomic mass is 16.4. The first kappa shape index (κ1) is 27.1. The van der Waals surface area contributed by atoms with Gasteiger partial charge in [-0.25, -0.2) is 0 Å². The molecule has 1 fully saturated rings. The molecule has 0 unspecified atom stereocenters. The standard InChI is InChI=1S/C32H36N2O4/c1-21-4-3-5-22(2)31(21)26-10-12-27(13-11-26)32(38)33-19-18-29(35)34-28-16-14-25(15-17-28)24-8-6-23(7-9-24)20-30(36)37/h3-5,10-17,23-24H,6-9,18-20H2,1-2H3,(H,33,38)(H,34,35)(H,36,37)/t23-,24-. The van der Waals surface area contributed by atoms with Gasteiger partial charge in [0.15, 0.2) is 0 Å². The Labute approximate surface area is 224 Å². The summed E-state index contributed by atoms with van der Waals surface area (Å²) in [4.78, 5) is 35.9. The van der Waals surface area contributed by atoms with Crippen molar-refractivity contribution < 1.29 is 19.5 Å². The summed E-state index contributed by atoms with van der Waals surface area (Å²) in [6.07, 6.45) is 4.32. The Morgan fingerprint density at radius 3 is 2.08 bits per heavy atom. The summed E-state index contributed by atoms with van der Waals surface area (Å²) in [6, 6.07) is 21.7. The van der Waals surface area contributed by atoms with E-state index in [1.54, 1.807) is 0 Å². The second-order valence-electron chi connectivity index (χ2n) is 10.3. The summed E-state index contributed by atoms with van der Waals surface area (Å²) in [6.45, 7) is 4.42. The number of hydrogen-bond donors (Lipinski definition) is 3. The smallest absolute Gasteiger partial charge is 0.303 e. The highest BCUT2D eigenvalue weighted by Crippen LogP contribution is 2.37. The summed E-state index contributed by atoms with van der Waals surface area (Å²) in [5.41, 5.74) is 7.18. The summed E-state index contributed by atoms with van der Waals surface area (Å²) in [7, 11) is 0. The van der Waals surface area contributed by atoms with Crippen molar-refractivity contribution in [3.8, 4) is 11.1 Å². The van der Waals surface area contributed by atoms with Gasteiger partial charge in [-0.1, -0.05) is 42.5 Å². The lowest BCUT2D eigenvalue weighted by Crippen LogP contribution is -2.27. The lowest BCUT2D eigenvalue weighted by Gasteiger charge is -2.28. The number of carbonyl (C=O) groups excluding carboxylic acids is 2. The van der Waals surface area contributed by atoms with Crippen LogP contribution in [0.2, 0.25) is 0 Å². The molecule has 4 rings (SSSR count). The van der Waals surface area contributed by atoms with Crippen LogP contribution in [0.4, 0.5) is 5.69 Å². The van der Waals surface area contributed by atoms with Crippen LogP contribution in [0, 0.1) is 19.8 Å². The van der Waals surface area contributed by atoms with Gasteiger partial charge in [-0.15, -0.1) is 0 Å². The molecule has 38 heavy (non-hydrogen) atoms. The van der Waals surface area contributed by atoms with Crippen molar-refractivity contribution >= 4 is 23.5 Å². The van der Waals surface area contributed by atoms with E-state index in [2.05, 4.69) is 36.6 Å². The van der Waals surface area contributed by atoms with Gasteiger partial charge in [-0.3, -0.25) is 14.4 Å². The van der Waals surface area contributed by atoms with Crippen LogP contribution in [0.5, 0.6) is 0 Å². The maximum atomic E-state index is 12.6. The second-order valence-corrected chi connectivity index (χ2v) is 10.3. The van der Waals surface area contributed by atoms with E-state index < -0.39 is 5.97 Å². The van der Waals surface area contributed by atoms with E-state index in [9.17, 15) is 14.4 Å². The van der Waals surface area contributed by atoms with Crippen molar-refractivity contribution in [2.75, 3.05) is 11.9 Å². The number of nitrogens with one attached hydrogen (secondary N) is 2. The molecule has 1 saturated carbocycles. The number of hydrogen-bond acceptors (Lipinski definition) is 3. The Hall–Kier alpha value is -3.93. The molecule has 0 radical (unpaired) electrons. The van der Waals surface area contributed by atoms with Crippen LogP contribution in [0.3, 0.4) is 0 Å². The normalized spacial score (nSPS) is 17.0. The molecule has 0 bridgehead atoms. The second kappa shape index (κ2) is 12.5. The quantitative estimate of drug-likeness (QED) is 0.306. The third kappa shape index (κ3) is 7.09. The van der Waals surface area contributed by atoms with Gasteiger partial charge in [0.1, 0.15) is 0 Å². The highest BCUT2D eigenvalue weighted by molar-refractivity contribution is 5.95. The molecule has 3 aromatic carbocycles. The van der Waals surface area contributed by atoms with E-state index in [4.69, 9.17) is 5.11 Å². The van der Waals surface area contributed by atoms with Crippen molar-refractivity contribution in [2.45, 2.75) is 58.3 Å². The molecule has 198 valence electrons. The molecule has 0 aromatic heterocycles. The van der Waals surface area contributed by atoms with Crippen LogP contribution < -0.4 is 10.6 Å².